The van der Waals surface area contributed by atoms with Crippen LogP contribution in [0.25, 0.3) is 17.1 Å². The van der Waals surface area contributed by atoms with Crippen LogP contribution in [0.15, 0.2) is 52.9 Å². The molecule has 100 valence electrons. The second-order valence-corrected chi connectivity index (χ2v) is 4.98. The summed E-state index contributed by atoms with van der Waals surface area (Å²) in [6.45, 7) is 0. The van der Waals surface area contributed by atoms with Crippen molar-refractivity contribution in [2.45, 2.75) is 0 Å². The summed E-state index contributed by atoms with van der Waals surface area (Å²) in [4.78, 5) is 0. The summed E-state index contributed by atoms with van der Waals surface area (Å²) in [5, 5.41) is 13.4. The first-order chi connectivity index (χ1) is 9.63. The van der Waals surface area contributed by atoms with Crippen LogP contribution in [-0.2, 0) is 0 Å². The zero-order valence-electron chi connectivity index (χ0n) is 10.2. The summed E-state index contributed by atoms with van der Waals surface area (Å²) < 4.78 is 6.77. The zero-order valence-corrected chi connectivity index (χ0v) is 11.7. The molecule has 0 radical (unpaired) electrons. The molecule has 0 saturated heterocycles. The van der Waals surface area contributed by atoms with Gasteiger partial charge in [-0.25, -0.2) is 5.41 Å². The minimum Gasteiger partial charge on any atom is -0.403 e. The van der Waals surface area contributed by atoms with Crippen LogP contribution in [0.4, 0.5) is 0 Å². The molecular weight excluding hydrogens is 297 g/mol. The van der Waals surface area contributed by atoms with E-state index in [0.717, 1.165) is 5.56 Å². The molecule has 4 nitrogen and oxygen atoms in total. The Hall–Kier alpha value is -2.04. The highest BCUT2D eigenvalue weighted by molar-refractivity contribution is 6.30. The smallest absolute Gasteiger partial charge is 0.317 e. The van der Waals surface area contributed by atoms with Gasteiger partial charge in [-0.05, 0) is 48.5 Å². The van der Waals surface area contributed by atoms with E-state index in [0.29, 0.717) is 21.6 Å². The lowest BCUT2D eigenvalue weighted by molar-refractivity contribution is 0.487. The Labute approximate surface area is 124 Å². The van der Waals surface area contributed by atoms with Crippen LogP contribution < -0.4 is 5.68 Å². The van der Waals surface area contributed by atoms with Gasteiger partial charge in [0.25, 0.3) is 0 Å². The van der Waals surface area contributed by atoms with Gasteiger partial charge in [-0.3, -0.25) is 0 Å². The molecule has 0 aliphatic rings. The lowest BCUT2D eigenvalue weighted by Gasteiger charge is -1.98. The van der Waals surface area contributed by atoms with Gasteiger partial charge in [0.2, 0.25) is 5.89 Å². The summed E-state index contributed by atoms with van der Waals surface area (Å²) in [5.41, 5.74) is 1.41. The highest BCUT2D eigenvalue weighted by Gasteiger charge is 2.09. The average Bonchev–Trinajstić information content (AvgIpc) is 2.82. The van der Waals surface area contributed by atoms with Crippen molar-refractivity contribution < 1.29 is 4.42 Å². The highest BCUT2D eigenvalue weighted by Crippen LogP contribution is 2.19. The summed E-state index contributed by atoms with van der Waals surface area (Å²) in [6.07, 6.45) is 0. The Bertz CT molecular complexity index is 789. The minimum atomic E-state index is -0.0581. The molecule has 1 N–H and O–H groups in total. The molecule has 6 heteroatoms. The molecule has 3 aromatic rings. The Morgan fingerprint density at radius 3 is 2.05 bits per heavy atom. The lowest BCUT2D eigenvalue weighted by atomic mass is 10.2. The summed E-state index contributed by atoms with van der Waals surface area (Å²) in [6, 6.07) is 14.1. The molecule has 0 amide bonds. The van der Waals surface area contributed by atoms with Crippen molar-refractivity contribution in [2.24, 2.45) is 0 Å². The third kappa shape index (κ3) is 2.48. The van der Waals surface area contributed by atoms with Crippen LogP contribution in [0.5, 0.6) is 0 Å². The third-order valence-electron chi connectivity index (χ3n) is 2.74. The van der Waals surface area contributed by atoms with E-state index in [1.54, 1.807) is 48.5 Å². The molecule has 0 aliphatic heterocycles. The Kier molecular flexibility index (Phi) is 3.34. The first kappa shape index (κ1) is 13.0. The van der Waals surface area contributed by atoms with E-state index in [1.807, 2.05) is 0 Å². The zero-order chi connectivity index (χ0) is 14.1. The fourth-order valence-electron chi connectivity index (χ4n) is 1.76. The molecule has 0 aliphatic carbocycles. The normalized spacial score (nSPS) is 10.7. The topological polar surface area (TPSA) is 54.8 Å². The molecule has 0 atom stereocenters. The number of hydrogen-bond donors (Lipinski definition) is 1. The largest absolute Gasteiger partial charge is 0.403 e. The van der Waals surface area contributed by atoms with Crippen molar-refractivity contribution in [3.8, 4) is 17.1 Å². The Morgan fingerprint density at radius 1 is 0.900 bits per heavy atom. The lowest BCUT2D eigenvalue weighted by Crippen LogP contribution is -2.13. The van der Waals surface area contributed by atoms with Gasteiger partial charge in [0, 0.05) is 15.6 Å². The number of nitrogens with one attached hydrogen (secondary N) is 1. The first-order valence-electron chi connectivity index (χ1n) is 5.80. The van der Waals surface area contributed by atoms with Crippen LogP contribution in [0.1, 0.15) is 0 Å². The van der Waals surface area contributed by atoms with Crippen molar-refractivity contribution in [3.05, 3.63) is 64.3 Å². The van der Waals surface area contributed by atoms with Gasteiger partial charge in [0.15, 0.2) is 0 Å². The molecule has 0 bridgehead atoms. The standard InChI is InChI=1S/C14H9Cl2N3O/c15-10-3-1-9(2-4-10)13-18-19(14(17)20-13)12-7-5-11(16)6-8-12/h1-8,17H. The van der Waals surface area contributed by atoms with Gasteiger partial charge < -0.3 is 4.42 Å². The van der Waals surface area contributed by atoms with E-state index >= 15 is 0 Å². The van der Waals surface area contributed by atoms with E-state index in [1.165, 1.54) is 4.68 Å². The molecule has 0 spiro atoms. The fourth-order valence-corrected chi connectivity index (χ4v) is 2.01. The molecule has 0 unspecified atom stereocenters. The van der Waals surface area contributed by atoms with Gasteiger partial charge in [-0.1, -0.05) is 23.2 Å². The monoisotopic (exact) mass is 305 g/mol. The van der Waals surface area contributed by atoms with Crippen LogP contribution in [0.2, 0.25) is 10.0 Å². The van der Waals surface area contributed by atoms with Crippen molar-refractivity contribution in [3.63, 3.8) is 0 Å². The van der Waals surface area contributed by atoms with Crippen LogP contribution >= 0.6 is 23.2 Å². The van der Waals surface area contributed by atoms with Crippen molar-refractivity contribution in [2.75, 3.05) is 0 Å². The number of nitrogens with zero attached hydrogens (tertiary/aromatic N) is 2. The predicted octanol–water partition coefficient (Wildman–Crippen LogP) is 3.92. The van der Waals surface area contributed by atoms with E-state index in [9.17, 15) is 0 Å². The molecule has 3 rings (SSSR count). The Morgan fingerprint density at radius 2 is 1.45 bits per heavy atom. The minimum absolute atomic E-state index is 0.0581. The fraction of sp³-hybridized carbons (Fsp3) is 0. The highest BCUT2D eigenvalue weighted by atomic mass is 35.5. The van der Waals surface area contributed by atoms with Crippen LogP contribution in [0, 0.1) is 5.41 Å². The molecule has 1 heterocycles. The van der Waals surface area contributed by atoms with Gasteiger partial charge in [-0.15, -0.1) is 5.10 Å². The van der Waals surface area contributed by atoms with Crippen molar-refractivity contribution >= 4 is 23.2 Å². The third-order valence-corrected chi connectivity index (χ3v) is 3.24. The van der Waals surface area contributed by atoms with Crippen molar-refractivity contribution in [1.82, 2.24) is 9.78 Å². The first-order valence-corrected chi connectivity index (χ1v) is 6.56. The van der Waals surface area contributed by atoms with Gasteiger partial charge in [0.1, 0.15) is 0 Å². The quantitative estimate of drug-likeness (QED) is 0.780. The molecule has 0 saturated carbocycles. The van der Waals surface area contributed by atoms with E-state index in [2.05, 4.69) is 5.10 Å². The molecule has 0 fully saturated rings. The number of benzene rings is 2. The number of rotatable bonds is 2. The number of aromatic nitrogens is 2. The summed E-state index contributed by atoms with van der Waals surface area (Å²) >= 11 is 11.7. The predicted molar refractivity (Wildman–Crippen MR) is 77.1 cm³/mol. The van der Waals surface area contributed by atoms with Gasteiger partial charge >= 0.3 is 5.68 Å². The van der Waals surface area contributed by atoms with Crippen molar-refractivity contribution in [1.29, 1.82) is 5.41 Å². The van der Waals surface area contributed by atoms with Gasteiger partial charge in [0.05, 0.1) is 5.69 Å². The van der Waals surface area contributed by atoms with E-state index in [4.69, 9.17) is 33.0 Å². The maximum Gasteiger partial charge on any atom is 0.317 e. The second kappa shape index (κ2) is 5.15. The molecule has 2 aromatic carbocycles. The van der Waals surface area contributed by atoms with Crippen LogP contribution in [0.3, 0.4) is 0 Å². The second-order valence-electron chi connectivity index (χ2n) is 4.11. The van der Waals surface area contributed by atoms with E-state index in [-0.39, 0.29) is 5.68 Å². The van der Waals surface area contributed by atoms with Gasteiger partial charge in [-0.2, -0.15) is 4.68 Å². The maximum absolute atomic E-state index is 7.85. The van der Waals surface area contributed by atoms with E-state index < -0.39 is 0 Å². The Balaban J connectivity index is 2.05. The summed E-state index contributed by atoms with van der Waals surface area (Å²) in [5.74, 6) is 0.363. The summed E-state index contributed by atoms with van der Waals surface area (Å²) in [7, 11) is 0. The maximum atomic E-state index is 7.85. The SMILES string of the molecule is N=c1oc(-c2ccc(Cl)cc2)nn1-c1ccc(Cl)cc1. The molecule has 20 heavy (non-hydrogen) atoms. The molecule has 1 aromatic heterocycles. The number of halogens is 2. The molecular formula is C14H9Cl2N3O. The number of hydrogen-bond acceptors (Lipinski definition) is 3. The van der Waals surface area contributed by atoms with Crippen LogP contribution in [-0.4, -0.2) is 9.78 Å². The average molecular weight is 306 g/mol.